The molecule has 196 valence electrons. The highest BCUT2D eigenvalue weighted by atomic mass is 35.5. The van der Waals surface area contributed by atoms with Crippen LogP contribution in [0.2, 0.25) is 0 Å². The largest absolute Gasteiger partial charge is 0.456 e. The molecule has 6 nitrogen and oxygen atoms in total. The molecule has 5 atom stereocenters. The van der Waals surface area contributed by atoms with Crippen molar-refractivity contribution in [3.63, 3.8) is 0 Å². The Morgan fingerprint density at radius 3 is 2.60 bits per heavy atom. The number of halogens is 1. The Hall–Kier alpha value is -1.54. The fourth-order valence-corrected chi connectivity index (χ4v) is 5.24. The Labute approximate surface area is 218 Å². The number of aliphatic hydroxyl groups excluding tert-OH is 2. The van der Waals surface area contributed by atoms with Crippen molar-refractivity contribution < 1.29 is 24.5 Å². The first-order valence-electron chi connectivity index (χ1n) is 12.4. The van der Waals surface area contributed by atoms with Gasteiger partial charge in [0.05, 0.1) is 39.8 Å². The second-order valence-electron chi connectivity index (χ2n) is 10.3. The highest BCUT2D eigenvalue weighted by Crippen LogP contribution is 2.34. The zero-order valence-corrected chi connectivity index (χ0v) is 23.3. The lowest BCUT2D eigenvalue weighted by molar-refractivity contribution is -0.154. The predicted molar refractivity (Wildman–Crippen MR) is 141 cm³/mol. The van der Waals surface area contributed by atoms with Crippen molar-refractivity contribution in [1.82, 2.24) is 4.98 Å². The zero-order chi connectivity index (χ0) is 26.3. The van der Waals surface area contributed by atoms with Gasteiger partial charge in [0.15, 0.2) is 0 Å². The number of aliphatic hydroxyl groups is 2. The van der Waals surface area contributed by atoms with Crippen LogP contribution in [0.4, 0.5) is 0 Å². The summed E-state index contributed by atoms with van der Waals surface area (Å²) in [4.78, 5) is 30.6. The number of thiazole rings is 1. The number of Topliss-reactive ketones (excluding diaryl/α,β-unsaturated/α-hetero) is 1. The van der Waals surface area contributed by atoms with Gasteiger partial charge < -0.3 is 14.9 Å². The average Bonchev–Trinajstić information content (AvgIpc) is 3.20. The van der Waals surface area contributed by atoms with Gasteiger partial charge in [-0.2, -0.15) is 0 Å². The molecule has 0 radical (unpaired) electrons. The summed E-state index contributed by atoms with van der Waals surface area (Å²) in [6, 6.07) is 0. The van der Waals surface area contributed by atoms with Crippen LogP contribution in [0, 0.1) is 24.2 Å². The normalized spacial score (nSPS) is 31.5. The molecule has 35 heavy (non-hydrogen) atoms. The molecule has 0 saturated carbocycles. The lowest BCUT2D eigenvalue weighted by atomic mass is 9.71. The van der Waals surface area contributed by atoms with Gasteiger partial charge in [0.1, 0.15) is 11.9 Å². The minimum atomic E-state index is -1.26. The lowest BCUT2D eigenvalue weighted by Gasteiger charge is -2.35. The SMILES string of the molecule is CC[C@H]1C(=O)C(C)(C)[C@@H](O)CC(=O)O[C@H](C(Cl)=Cc2csc(C)n2)C/C=C(/C)CCC[C@H](C)[C@@H]1O. The van der Waals surface area contributed by atoms with Gasteiger partial charge in [-0.25, -0.2) is 4.98 Å². The van der Waals surface area contributed by atoms with E-state index < -0.39 is 35.6 Å². The van der Waals surface area contributed by atoms with Crippen molar-refractivity contribution in [3.05, 3.63) is 32.8 Å². The third kappa shape index (κ3) is 8.24. The molecule has 0 bridgehead atoms. The second-order valence-corrected chi connectivity index (χ2v) is 11.8. The first kappa shape index (κ1) is 29.7. The van der Waals surface area contributed by atoms with Gasteiger partial charge in [-0.15, -0.1) is 11.3 Å². The van der Waals surface area contributed by atoms with Crippen LogP contribution in [-0.2, 0) is 14.3 Å². The number of hydrogen-bond acceptors (Lipinski definition) is 7. The molecule has 0 aromatic carbocycles. The number of carbonyl (C=O) groups excluding carboxylic acids is 2. The van der Waals surface area contributed by atoms with E-state index in [1.165, 1.54) is 11.3 Å². The molecular formula is C27H40ClNO5S. The summed E-state index contributed by atoms with van der Waals surface area (Å²) in [7, 11) is 0. The Balaban J connectivity index is 2.35. The molecular weight excluding hydrogens is 486 g/mol. The van der Waals surface area contributed by atoms with Gasteiger partial charge >= 0.3 is 5.97 Å². The molecule has 2 rings (SSSR count). The standard InChI is InChI=1S/C27H40ClNO5S/c1-7-20-25(32)17(3)10-8-9-16(2)11-12-22(21(28)13-19-15-35-18(4)29-19)34-24(31)14-23(30)27(5,6)26(20)33/h11,13,15,17,20,22-23,25,30,32H,7-10,12,14H2,1-6H3/b16-11-,21-13?/t17-,20+,22-,23-,25-/m0/s1. The number of rotatable bonds is 3. The van der Waals surface area contributed by atoms with Crippen LogP contribution >= 0.6 is 22.9 Å². The summed E-state index contributed by atoms with van der Waals surface area (Å²) in [5, 5.41) is 25.0. The van der Waals surface area contributed by atoms with Crippen LogP contribution in [0.3, 0.4) is 0 Å². The summed E-state index contributed by atoms with van der Waals surface area (Å²) >= 11 is 8.09. The molecule has 1 aromatic heterocycles. The van der Waals surface area contributed by atoms with Crippen molar-refractivity contribution >= 4 is 40.8 Å². The van der Waals surface area contributed by atoms with Crippen LogP contribution in [0.15, 0.2) is 22.1 Å². The van der Waals surface area contributed by atoms with Gasteiger partial charge in [-0.05, 0) is 51.5 Å². The van der Waals surface area contributed by atoms with E-state index >= 15 is 0 Å². The highest BCUT2D eigenvalue weighted by molar-refractivity contribution is 7.09. The quantitative estimate of drug-likeness (QED) is 0.380. The summed E-state index contributed by atoms with van der Waals surface area (Å²) in [6.45, 7) is 11.0. The summed E-state index contributed by atoms with van der Waals surface area (Å²) in [5.74, 6) is -1.54. The molecule has 0 amide bonds. The van der Waals surface area contributed by atoms with E-state index in [1.807, 2.05) is 39.2 Å². The van der Waals surface area contributed by atoms with Crippen molar-refractivity contribution in [1.29, 1.82) is 0 Å². The van der Waals surface area contributed by atoms with E-state index in [4.69, 9.17) is 16.3 Å². The third-order valence-electron chi connectivity index (χ3n) is 7.01. The van der Waals surface area contributed by atoms with Crippen molar-refractivity contribution in [3.8, 4) is 0 Å². The van der Waals surface area contributed by atoms with Crippen LogP contribution in [0.25, 0.3) is 6.08 Å². The molecule has 1 aliphatic rings. The maximum absolute atomic E-state index is 13.4. The third-order valence-corrected chi connectivity index (χ3v) is 8.16. The number of nitrogens with zero attached hydrogens (tertiary/aromatic N) is 1. The molecule has 0 unspecified atom stereocenters. The highest BCUT2D eigenvalue weighted by Gasteiger charge is 2.43. The molecule has 8 heteroatoms. The van der Waals surface area contributed by atoms with E-state index in [0.717, 1.165) is 29.8 Å². The van der Waals surface area contributed by atoms with E-state index in [1.54, 1.807) is 19.9 Å². The van der Waals surface area contributed by atoms with Crippen molar-refractivity contribution in [2.24, 2.45) is 17.3 Å². The van der Waals surface area contributed by atoms with Gasteiger partial charge in [0.2, 0.25) is 0 Å². The van der Waals surface area contributed by atoms with Gasteiger partial charge in [-0.1, -0.05) is 50.9 Å². The van der Waals surface area contributed by atoms with E-state index in [-0.39, 0.29) is 18.1 Å². The van der Waals surface area contributed by atoms with E-state index in [0.29, 0.717) is 23.6 Å². The Morgan fingerprint density at radius 2 is 2.00 bits per heavy atom. The summed E-state index contributed by atoms with van der Waals surface area (Å²) in [5.41, 5.74) is 0.616. The number of cyclic esters (lactones) is 1. The maximum atomic E-state index is 13.4. The molecule has 2 heterocycles. The fraction of sp³-hybridized carbons (Fsp3) is 0.667. The van der Waals surface area contributed by atoms with Crippen LogP contribution in [0.1, 0.15) is 83.8 Å². The number of esters is 1. The smallest absolute Gasteiger partial charge is 0.309 e. The van der Waals surface area contributed by atoms with Crippen molar-refractivity contribution in [2.45, 2.75) is 98.4 Å². The van der Waals surface area contributed by atoms with Gasteiger partial charge in [0.25, 0.3) is 0 Å². The Morgan fingerprint density at radius 1 is 1.31 bits per heavy atom. The topological polar surface area (TPSA) is 96.7 Å². The van der Waals surface area contributed by atoms with Crippen molar-refractivity contribution in [2.75, 3.05) is 0 Å². The number of aryl methyl sites for hydroxylation is 1. The number of allylic oxidation sites excluding steroid dienone is 1. The number of carbonyl (C=O) groups is 2. The number of ketones is 1. The molecule has 0 aliphatic carbocycles. The van der Waals surface area contributed by atoms with Gasteiger partial charge in [0, 0.05) is 17.7 Å². The average molecular weight is 526 g/mol. The summed E-state index contributed by atoms with van der Waals surface area (Å²) < 4.78 is 5.70. The van der Waals surface area contributed by atoms with Crippen LogP contribution in [-0.4, -0.2) is 45.3 Å². The number of ether oxygens (including phenoxy) is 1. The Bertz CT molecular complexity index is 938. The minimum Gasteiger partial charge on any atom is -0.456 e. The number of hydrogen-bond donors (Lipinski definition) is 2. The molecule has 0 saturated heterocycles. The van der Waals surface area contributed by atoms with E-state index in [2.05, 4.69) is 4.98 Å². The maximum Gasteiger partial charge on any atom is 0.309 e. The second kappa shape index (κ2) is 13.1. The minimum absolute atomic E-state index is 0.0609. The Kier molecular flexibility index (Phi) is 11.1. The number of aromatic nitrogens is 1. The molecule has 1 aliphatic heterocycles. The summed E-state index contributed by atoms with van der Waals surface area (Å²) in [6.07, 6.45) is 3.93. The lowest BCUT2D eigenvalue weighted by Crippen LogP contribution is -2.46. The first-order valence-corrected chi connectivity index (χ1v) is 13.7. The molecule has 0 spiro atoms. The van der Waals surface area contributed by atoms with E-state index in [9.17, 15) is 19.8 Å². The fourth-order valence-electron chi connectivity index (χ4n) is 4.42. The molecule has 2 N–H and O–H groups in total. The molecule has 1 aromatic rings. The van der Waals surface area contributed by atoms with Crippen LogP contribution < -0.4 is 0 Å². The zero-order valence-electron chi connectivity index (χ0n) is 21.7. The monoisotopic (exact) mass is 525 g/mol. The first-order chi connectivity index (χ1) is 16.4. The predicted octanol–water partition coefficient (Wildman–Crippen LogP) is 5.83. The molecule has 0 fully saturated rings. The van der Waals surface area contributed by atoms with Crippen LogP contribution in [0.5, 0.6) is 0 Å². The van der Waals surface area contributed by atoms with Gasteiger partial charge in [-0.3, -0.25) is 9.59 Å².